The number of carbonyl (C=O) groups excluding carboxylic acids is 1. The minimum absolute atomic E-state index is 0.0831. The number of hydrogen-bond acceptors (Lipinski definition) is 3. The van der Waals surface area contributed by atoms with Crippen molar-refractivity contribution in [2.24, 2.45) is 5.41 Å². The summed E-state index contributed by atoms with van der Waals surface area (Å²) in [5.74, 6) is 0. The van der Waals surface area contributed by atoms with Crippen LogP contribution in [0.2, 0.25) is 0 Å². The SMILES string of the molecule is CCN1CCN(CCCCNC(=O)N2CC(C)(C)C2c2ccccc2)CC1. The number of likely N-dealkylation sites (tertiary alicyclic amines) is 1. The highest BCUT2D eigenvalue weighted by Gasteiger charge is 2.48. The van der Waals surface area contributed by atoms with Crippen LogP contribution in [0.3, 0.4) is 0 Å². The maximum atomic E-state index is 12.6. The van der Waals surface area contributed by atoms with Crippen LogP contribution in [0.4, 0.5) is 4.79 Å². The lowest BCUT2D eigenvalue weighted by atomic mass is 9.72. The molecular weight excluding hydrogens is 336 g/mol. The van der Waals surface area contributed by atoms with Gasteiger partial charge in [-0.05, 0) is 31.5 Å². The summed E-state index contributed by atoms with van der Waals surface area (Å²) in [7, 11) is 0. The number of amides is 2. The number of hydrogen-bond donors (Lipinski definition) is 1. The molecule has 0 spiro atoms. The maximum Gasteiger partial charge on any atom is 0.317 e. The minimum Gasteiger partial charge on any atom is -0.338 e. The van der Waals surface area contributed by atoms with Crippen molar-refractivity contribution >= 4 is 6.03 Å². The first kappa shape index (κ1) is 20.2. The molecule has 2 fully saturated rings. The van der Waals surface area contributed by atoms with Crippen LogP contribution in [-0.2, 0) is 0 Å². The first-order chi connectivity index (χ1) is 13.0. The molecule has 2 aliphatic heterocycles. The predicted molar refractivity (Wildman–Crippen MR) is 111 cm³/mol. The zero-order chi connectivity index (χ0) is 19.3. The van der Waals surface area contributed by atoms with Gasteiger partial charge in [0, 0.05) is 44.7 Å². The van der Waals surface area contributed by atoms with Crippen LogP contribution in [0, 0.1) is 5.41 Å². The summed E-state index contributed by atoms with van der Waals surface area (Å²) in [4.78, 5) is 19.7. The number of urea groups is 1. The van der Waals surface area contributed by atoms with Crippen LogP contribution in [0.5, 0.6) is 0 Å². The van der Waals surface area contributed by atoms with Gasteiger partial charge in [-0.3, -0.25) is 0 Å². The fourth-order valence-electron chi connectivity index (χ4n) is 4.47. The molecular formula is C22H36N4O. The van der Waals surface area contributed by atoms with E-state index in [1.165, 1.54) is 31.7 Å². The van der Waals surface area contributed by atoms with Crippen LogP contribution in [0.15, 0.2) is 30.3 Å². The second-order valence-electron chi connectivity index (χ2n) is 8.64. The van der Waals surface area contributed by atoms with E-state index in [1.807, 2.05) is 11.0 Å². The first-order valence-electron chi connectivity index (χ1n) is 10.6. The smallest absolute Gasteiger partial charge is 0.317 e. The normalized spacial score (nSPS) is 23.1. The van der Waals surface area contributed by atoms with E-state index in [4.69, 9.17) is 0 Å². The van der Waals surface area contributed by atoms with Crippen molar-refractivity contribution in [3.63, 3.8) is 0 Å². The van der Waals surface area contributed by atoms with Gasteiger partial charge in [-0.2, -0.15) is 0 Å². The van der Waals surface area contributed by atoms with Crippen molar-refractivity contribution < 1.29 is 4.79 Å². The van der Waals surface area contributed by atoms with Crippen LogP contribution in [0.25, 0.3) is 0 Å². The van der Waals surface area contributed by atoms with E-state index in [0.29, 0.717) is 0 Å². The Balaban J connectivity index is 1.36. The van der Waals surface area contributed by atoms with Crippen molar-refractivity contribution in [1.82, 2.24) is 20.0 Å². The van der Waals surface area contributed by atoms with E-state index in [9.17, 15) is 4.79 Å². The van der Waals surface area contributed by atoms with Crippen molar-refractivity contribution in [1.29, 1.82) is 0 Å². The molecule has 0 radical (unpaired) electrons. The maximum absolute atomic E-state index is 12.6. The third-order valence-corrected chi connectivity index (χ3v) is 6.10. The topological polar surface area (TPSA) is 38.8 Å². The van der Waals surface area contributed by atoms with Gasteiger partial charge >= 0.3 is 6.03 Å². The third kappa shape index (κ3) is 5.02. The van der Waals surface area contributed by atoms with Gasteiger partial charge in [0.2, 0.25) is 0 Å². The standard InChI is InChI=1S/C22H36N4O/c1-4-24-14-16-25(17-15-24)13-9-8-12-23-21(27)26-18-22(2,3)20(26)19-10-6-5-7-11-19/h5-7,10-11,20H,4,8-9,12-18H2,1-3H3,(H,23,27). The summed E-state index contributed by atoms with van der Waals surface area (Å²) >= 11 is 0. The molecule has 1 unspecified atom stereocenters. The Bertz CT molecular complexity index is 596. The van der Waals surface area contributed by atoms with Gasteiger partial charge < -0.3 is 20.0 Å². The first-order valence-corrected chi connectivity index (χ1v) is 10.6. The molecule has 5 nitrogen and oxygen atoms in total. The summed E-state index contributed by atoms with van der Waals surface area (Å²) < 4.78 is 0. The molecule has 2 saturated heterocycles. The van der Waals surface area contributed by atoms with Gasteiger partial charge in [0.1, 0.15) is 0 Å². The van der Waals surface area contributed by atoms with Gasteiger partial charge in [-0.25, -0.2) is 4.79 Å². The highest BCUT2D eigenvalue weighted by molar-refractivity contribution is 5.76. The molecule has 27 heavy (non-hydrogen) atoms. The molecule has 0 saturated carbocycles. The molecule has 5 heteroatoms. The van der Waals surface area contributed by atoms with E-state index < -0.39 is 0 Å². The summed E-state index contributed by atoms with van der Waals surface area (Å²) in [6.07, 6.45) is 2.20. The van der Waals surface area contributed by atoms with Crippen LogP contribution in [0.1, 0.15) is 45.2 Å². The minimum atomic E-state index is 0.0831. The largest absolute Gasteiger partial charge is 0.338 e. The van der Waals surface area contributed by atoms with Crippen LogP contribution < -0.4 is 5.32 Å². The Morgan fingerprint density at radius 2 is 1.74 bits per heavy atom. The molecule has 1 atom stereocenters. The van der Waals surface area contributed by atoms with Gasteiger partial charge in [0.15, 0.2) is 0 Å². The Morgan fingerprint density at radius 1 is 1.07 bits per heavy atom. The molecule has 0 aromatic heterocycles. The highest BCUT2D eigenvalue weighted by Crippen LogP contribution is 2.48. The number of benzene rings is 1. The van der Waals surface area contributed by atoms with E-state index >= 15 is 0 Å². The zero-order valence-corrected chi connectivity index (χ0v) is 17.3. The second-order valence-corrected chi connectivity index (χ2v) is 8.64. The number of piperazine rings is 1. The van der Waals surface area contributed by atoms with Gasteiger partial charge in [0.05, 0.1) is 6.04 Å². The molecule has 1 aromatic rings. The fourth-order valence-corrected chi connectivity index (χ4v) is 4.47. The number of carbonyl (C=O) groups is 1. The molecule has 3 rings (SSSR count). The van der Waals surface area contributed by atoms with Gasteiger partial charge in [-0.15, -0.1) is 0 Å². The van der Waals surface area contributed by atoms with Crippen molar-refractivity contribution in [2.45, 2.75) is 39.7 Å². The van der Waals surface area contributed by atoms with Crippen LogP contribution in [-0.4, -0.2) is 73.1 Å². The number of rotatable bonds is 7. The highest BCUT2D eigenvalue weighted by atomic mass is 16.2. The number of likely N-dealkylation sites (N-methyl/N-ethyl adjacent to an activating group) is 1. The monoisotopic (exact) mass is 372 g/mol. The molecule has 1 aromatic carbocycles. The zero-order valence-electron chi connectivity index (χ0n) is 17.3. The molecule has 0 bridgehead atoms. The lowest BCUT2D eigenvalue weighted by Crippen LogP contribution is -2.60. The van der Waals surface area contributed by atoms with Gasteiger partial charge in [-0.1, -0.05) is 51.1 Å². The van der Waals surface area contributed by atoms with E-state index in [2.05, 4.69) is 60.2 Å². The van der Waals surface area contributed by atoms with Crippen LogP contribution >= 0.6 is 0 Å². The van der Waals surface area contributed by atoms with Crippen molar-refractivity contribution in [3.05, 3.63) is 35.9 Å². The predicted octanol–water partition coefficient (Wildman–Crippen LogP) is 3.20. The average molecular weight is 373 g/mol. The number of unbranched alkanes of at least 4 members (excludes halogenated alkanes) is 1. The molecule has 0 aliphatic carbocycles. The van der Waals surface area contributed by atoms with Crippen molar-refractivity contribution in [3.8, 4) is 0 Å². The summed E-state index contributed by atoms with van der Waals surface area (Å²) in [5.41, 5.74) is 1.37. The Hall–Kier alpha value is -1.59. The van der Waals surface area contributed by atoms with E-state index in [-0.39, 0.29) is 17.5 Å². The molecule has 1 N–H and O–H groups in total. The lowest BCUT2D eigenvalue weighted by molar-refractivity contribution is -0.0164. The van der Waals surface area contributed by atoms with E-state index in [1.54, 1.807) is 0 Å². The van der Waals surface area contributed by atoms with Gasteiger partial charge in [0.25, 0.3) is 0 Å². The third-order valence-electron chi connectivity index (χ3n) is 6.10. The lowest BCUT2D eigenvalue weighted by Gasteiger charge is -2.54. The quantitative estimate of drug-likeness (QED) is 0.747. The molecule has 2 heterocycles. The van der Waals surface area contributed by atoms with E-state index in [0.717, 1.165) is 39.0 Å². The second kappa shape index (κ2) is 9.07. The number of nitrogens with zero attached hydrogens (tertiary/aromatic N) is 3. The summed E-state index contributed by atoms with van der Waals surface area (Å²) in [6.45, 7) is 15.4. The summed E-state index contributed by atoms with van der Waals surface area (Å²) in [5, 5.41) is 3.14. The average Bonchev–Trinajstić information content (AvgIpc) is 2.67. The number of nitrogens with one attached hydrogen (secondary N) is 1. The van der Waals surface area contributed by atoms with Crippen molar-refractivity contribution in [2.75, 3.05) is 52.4 Å². The molecule has 2 amide bonds. The fraction of sp³-hybridized carbons (Fsp3) is 0.682. The summed E-state index contributed by atoms with van der Waals surface area (Å²) in [6, 6.07) is 10.7. The molecule has 150 valence electrons. The Kier molecular flexibility index (Phi) is 6.77. The Morgan fingerprint density at radius 3 is 2.37 bits per heavy atom. The molecule has 2 aliphatic rings. The Labute approximate surface area is 164 Å².